The van der Waals surface area contributed by atoms with E-state index in [0.29, 0.717) is 19.6 Å². The summed E-state index contributed by atoms with van der Waals surface area (Å²) in [6.07, 6.45) is 0.812. The molecule has 0 spiro atoms. The first-order valence-electron chi connectivity index (χ1n) is 8.03. The number of carbonyl (C=O) groups is 1. The van der Waals surface area contributed by atoms with Gasteiger partial charge in [0, 0.05) is 12.2 Å². The number of ether oxygens (including phenoxy) is 1. The van der Waals surface area contributed by atoms with E-state index in [1.807, 2.05) is 38.1 Å². The van der Waals surface area contributed by atoms with E-state index in [0.717, 1.165) is 16.8 Å². The minimum absolute atomic E-state index is 0.163. The molecule has 2 aromatic rings. The third kappa shape index (κ3) is 6.38. The van der Waals surface area contributed by atoms with Crippen LogP contribution in [0.5, 0.6) is 0 Å². The van der Waals surface area contributed by atoms with Crippen molar-refractivity contribution in [2.75, 3.05) is 11.9 Å². The number of halogens is 1. The van der Waals surface area contributed by atoms with E-state index in [9.17, 15) is 9.18 Å². The van der Waals surface area contributed by atoms with Crippen molar-refractivity contribution in [2.24, 2.45) is 0 Å². The van der Waals surface area contributed by atoms with Crippen LogP contribution in [0.15, 0.2) is 48.5 Å². The number of nitrogens with one attached hydrogen (secondary N) is 2. The Labute approximate surface area is 142 Å². The van der Waals surface area contributed by atoms with Gasteiger partial charge in [0.2, 0.25) is 0 Å². The van der Waals surface area contributed by atoms with E-state index < -0.39 is 0 Å². The van der Waals surface area contributed by atoms with Crippen LogP contribution in [-0.2, 0) is 17.8 Å². The summed E-state index contributed by atoms with van der Waals surface area (Å²) in [5, 5.41) is 5.59. The van der Waals surface area contributed by atoms with Crippen molar-refractivity contribution in [1.82, 2.24) is 5.32 Å². The van der Waals surface area contributed by atoms with Gasteiger partial charge >= 0.3 is 6.03 Å². The van der Waals surface area contributed by atoms with Gasteiger partial charge in [-0.2, -0.15) is 0 Å². The highest BCUT2D eigenvalue weighted by Crippen LogP contribution is 2.12. The molecule has 0 heterocycles. The average Bonchev–Trinajstić information content (AvgIpc) is 2.55. The lowest BCUT2D eigenvalue weighted by molar-refractivity contribution is 0.0657. The summed E-state index contributed by atoms with van der Waals surface area (Å²) in [5.41, 5.74) is 2.71. The Morgan fingerprint density at radius 2 is 1.88 bits per heavy atom. The maximum absolute atomic E-state index is 12.8. The summed E-state index contributed by atoms with van der Waals surface area (Å²) >= 11 is 0. The number of rotatable bonds is 7. The zero-order chi connectivity index (χ0) is 17.4. The summed E-state index contributed by atoms with van der Waals surface area (Å²) in [5.74, 6) is -0.259. The van der Waals surface area contributed by atoms with E-state index in [2.05, 4.69) is 10.6 Å². The van der Waals surface area contributed by atoms with Gasteiger partial charge in [0.25, 0.3) is 0 Å². The molecule has 0 fully saturated rings. The van der Waals surface area contributed by atoms with E-state index in [1.165, 1.54) is 12.1 Å². The number of amides is 2. The molecule has 4 nitrogen and oxygen atoms in total. The van der Waals surface area contributed by atoms with E-state index in [4.69, 9.17) is 4.74 Å². The van der Waals surface area contributed by atoms with Crippen molar-refractivity contribution in [3.8, 4) is 0 Å². The van der Waals surface area contributed by atoms with Gasteiger partial charge in [0.05, 0.1) is 12.7 Å². The maximum atomic E-state index is 12.8. The molecule has 0 atom stereocenters. The molecule has 0 aliphatic heterocycles. The number of urea groups is 1. The maximum Gasteiger partial charge on any atom is 0.319 e. The third-order valence-corrected chi connectivity index (χ3v) is 3.38. The summed E-state index contributed by atoms with van der Waals surface area (Å²) < 4.78 is 18.4. The normalized spacial score (nSPS) is 10.7. The van der Waals surface area contributed by atoms with Gasteiger partial charge in [-0.1, -0.05) is 24.3 Å². The average molecular weight is 330 g/mol. The second-order valence-corrected chi connectivity index (χ2v) is 5.82. The second-order valence-electron chi connectivity index (χ2n) is 5.82. The molecule has 2 N–H and O–H groups in total. The number of hydrogen-bond acceptors (Lipinski definition) is 2. The molecule has 128 valence electrons. The van der Waals surface area contributed by atoms with Crippen molar-refractivity contribution in [3.05, 3.63) is 65.5 Å². The highest BCUT2D eigenvalue weighted by atomic mass is 19.1. The summed E-state index contributed by atoms with van der Waals surface area (Å²) in [6, 6.07) is 13.6. The lowest BCUT2D eigenvalue weighted by atomic mass is 10.1. The molecule has 24 heavy (non-hydrogen) atoms. The van der Waals surface area contributed by atoms with Gasteiger partial charge in [0.1, 0.15) is 5.82 Å². The Hall–Kier alpha value is -2.40. The minimum Gasteiger partial charge on any atom is -0.374 e. The fourth-order valence-corrected chi connectivity index (χ4v) is 2.15. The zero-order valence-corrected chi connectivity index (χ0v) is 14.0. The monoisotopic (exact) mass is 330 g/mol. The number of benzene rings is 2. The van der Waals surface area contributed by atoms with Crippen molar-refractivity contribution in [1.29, 1.82) is 0 Å². The van der Waals surface area contributed by atoms with E-state index in [1.54, 1.807) is 12.1 Å². The van der Waals surface area contributed by atoms with Crippen LogP contribution in [0.25, 0.3) is 0 Å². The van der Waals surface area contributed by atoms with Crippen LogP contribution in [0.3, 0.4) is 0 Å². The molecule has 0 radical (unpaired) electrons. The van der Waals surface area contributed by atoms with Crippen LogP contribution in [0.1, 0.15) is 25.0 Å². The molecular formula is C19H23FN2O2. The summed E-state index contributed by atoms with van der Waals surface area (Å²) in [4.78, 5) is 11.9. The molecule has 2 amide bonds. The van der Waals surface area contributed by atoms with Gasteiger partial charge in [-0.05, 0) is 55.7 Å². The Morgan fingerprint density at radius 1 is 1.12 bits per heavy atom. The van der Waals surface area contributed by atoms with Gasteiger partial charge in [-0.25, -0.2) is 9.18 Å². The van der Waals surface area contributed by atoms with Gasteiger partial charge in [-0.3, -0.25) is 0 Å². The highest BCUT2D eigenvalue weighted by molar-refractivity contribution is 5.89. The molecule has 0 bridgehead atoms. The lowest BCUT2D eigenvalue weighted by Gasteiger charge is -2.11. The van der Waals surface area contributed by atoms with Crippen LogP contribution < -0.4 is 10.6 Å². The van der Waals surface area contributed by atoms with Crippen molar-refractivity contribution in [2.45, 2.75) is 33.0 Å². The molecule has 2 aromatic carbocycles. The van der Waals surface area contributed by atoms with Crippen molar-refractivity contribution in [3.63, 3.8) is 0 Å². The largest absolute Gasteiger partial charge is 0.374 e. The number of anilines is 1. The predicted molar refractivity (Wildman–Crippen MR) is 93.5 cm³/mol. The Balaban J connectivity index is 1.77. The SMILES string of the molecule is CC(C)OCc1cccc(NC(=O)NCCc2ccc(F)cc2)c1. The highest BCUT2D eigenvalue weighted by Gasteiger charge is 2.03. The Kier molecular flexibility index (Phi) is 6.75. The standard InChI is InChI=1S/C19H23FN2O2/c1-14(2)24-13-16-4-3-5-18(12-16)22-19(23)21-11-10-15-6-8-17(20)9-7-15/h3-9,12,14H,10-11,13H2,1-2H3,(H2,21,22,23). The fourth-order valence-electron chi connectivity index (χ4n) is 2.15. The molecule has 5 heteroatoms. The molecule has 0 aliphatic carbocycles. The van der Waals surface area contributed by atoms with Gasteiger partial charge < -0.3 is 15.4 Å². The molecule has 0 aliphatic rings. The predicted octanol–water partition coefficient (Wildman–Crippen LogP) is 4.11. The fraction of sp³-hybridized carbons (Fsp3) is 0.316. The third-order valence-electron chi connectivity index (χ3n) is 3.38. The van der Waals surface area contributed by atoms with Gasteiger partial charge in [0.15, 0.2) is 0 Å². The summed E-state index contributed by atoms with van der Waals surface area (Å²) in [6.45, 7) is 4.96. The molecule has 0 saturated heterocycles. The molecular weight excluding hydrogens is 307 g/mol. The van der Waals surface area contributed by atoms with Gasteiger partial charge in [-0.15, -0.1) is 0 Å². The second kappa shape index (κ2) is 9.03. The summed E-state index contributed by atoms with van der Waals surface area (Å²) in [7, 11) is 0. The van der Waals surface area contributed by atoms with Crippen LogP contribution in [0.2, 0.25) is 0 Å². The van der Waals surface area contributed by atoms with Crippen LogP contribution >= 0.6 is 0 Å². The smallest absolute Gasteiger partial charge is 0.319 e. The Morgan fingerprint density at radius 3 is 2.58 bits per heavy atom. The van der Waals surface area contributed by atoms with Crippen LogP contribution in [-0.4, -0.2) is 18.7 Å². The minimum atomic E-state index is -0.265. The zero-order valence-electron chi connectivity index (χ0n) is 14.0. The molecule has 0 saturated carbocycles. The van der Waals surface area contributed by atoms with Crippen LogP contribution in [0.4, 0.5) is 14.9 Å². The van der Waals surface area contributed by atoms with Crippen molar-refractivity contribution < 1.29 is 13.9 Å². The van der Waals surface area contributed by atoms with E-state index in [-0.39, 0.29) is 18.0 Å². The molecule has 0 aromatic heterocycles. The lowest BCUT2D eigenvalue weighted by Crippen LogP contribution is -2.30. The first-order valence-corrected chi connectivity index (χ1v) is 8.03. The topological polar surface area (TPSA) is 50.4 Å². The number of carbonyl (C=O) groups excluding carboxylic acids is 1. The first kappa shape index (κ1) is 17.9. The molecule has 0 unspecified atom stereocenters. The first-order chi connectivity index (χ1) is 11.5. The van der Waals surface area contributed by atoms with Crippen molar-refractivity contribution >= 4 is 11.7 Å². The van der Waals surface area contributed by atoms with E-state index >= 15 is 0 Å². The number of hydrogen-bond donors (Lipinski definition) is 2. The Bertz CT molecular complexity index is 657. The van der Waals surface area contributed by atoms with Crippen LogP contribution in [0, 0.1) is 5.82 Å². The molecule has 2 rings (SSSR count). The quantitative estimate of drug-likeness (QED) is 0.802.